The molecule has 0 aromatic heterocycles. The van der Waals surface area contributed by atoms with Crippen LogP contribution in [0.25, 0.3) is 0 Å². The first-order valence-electron chi connectivity index (χ1n) is 8.55. The zero-order valence-corrected chi connectivity index (χ0v) is 15.2. The number of benzene rings is 3. The van der Waals surface area contributed by atoms with E-state index in [0.717, 1.165) is 5.56 Å². The highest BCUT2D eigenvalue weighted by molar-refractivity contribution is 6.04. The topological polar surface area (TPSA) is 84.9 Å². The van der Waals surface area contributed by atoms with Gasteiger partial charge in [-0.3, -0.25) is 4.79 Å². The van der Waals surface area contributed by atoms with E-state index in [0.29, 0.717) is 17.0 Å². The number of aromatic hydroxyl groups is 1. The maximum Gasteiger partial charge on any atom is 0.338 e. The van der Waals surface area contributed by atoms with Crippen molar-refractivity contribution in [1.29, 1.82) is 0 Å². The number of carbonyl (C=O) groups is 2. The number of phenolic OH excluding ortho intramolecular Hbond substituents is 1. The quantitative estimate of drug-likeness (QED) is 0.634. The molecule has 0 fully saturated rings. The second-order valence-corrected chi connectivity index (χ2v) is 6.01. The second-order valence-electron chi connectivity index (χ2n) is 6.01. The maximum absolute atomic E-state index is 12.3. The van der Waals surface area contributed by atoms with Gasteiger partial charge in [0.1, 0.15) is 18.1 Å². The number of ether oxygens (including phenoxy) is 2. The number of anilines is 1. The van der Waals surface area contributed by atoms with Crippen molar-refractivity contribution < 1.29 is 24.2 Å². The molecule has 3 aromatic carbocycles. The smallest absolute Gasteiger partial charge is 0.338 e. The molecule has 0 saturated carbocycles. The molecular weight excluding hydrogens is 358 g/mol. The number of nitrogens with one attached hydrogen (secondary N) is 1. The number of esters is 1. The second kappa shape index (κ2) is 8.73. The van der Waals surface area contributed by atoms with E-state index < -0.39 is 5.97 Å². The molecule has 0 aliphatic rings. The summed E-state index contributed by atoms with van der Waals surface area (Å²) in [5.41, 5.74) is 2.17. The summed E-state index contributed by atoms with van der Waals surface area (Å²) >= 11 is 0. The van der Waals surface area contributed by atoms with E-state index in [1.807, 2.05) is 0 Å². The minimum Gasteiger partial charge on any atom is -0.508 e. The van der Waals surface area contributed by atoms with Gasteiger partial charge in [0.25, 0.3) is 5.91 Å². The molecule has 0 aliphatic carbocycles. The van der Waals surface area contributed by atoms with Crippen LogP contribution < -0.4 is 10.1 Å². The van der Waals surface area contributed by atoms with Crippen LogP contribution in [0.1, 0.15) is 26.3 Å². The van der Waals surface area contributed by atoms with E-state index in [-0.39, 0.29) is 23.8 Å². The van der Waals surface area contributed by atoms with E-state index in [1.54, 1.807) is 67.8 Å². The standard InChI is InChI=1S/C22H19NO5/c1-27-20-11-9-18(10-12-20)23-21(25)16-7-5-15(6-8-16)14-28-22(26)17-3-2-4-19(24)13-17/h2-13,24H,14H2,1H3,(H,23,25). The SMILES string of the molecule is COc1ccc(NC(=O)c2ccc(COC(=O)c3cccc(O)c3)cc2)cc1. The summed E-state index contributed by atoms with van der Waals surface area (Å²) in [6.07, 6.45) is 0. The van der Waals surface area contributed by atoms with Crippen LogP contribution in [0.2, 0.25) is 0 Å². The number of amides is 1. The molecule has 0 atom stereocenters. The van der Waals surface area contributed by atoms with Gasteiger partial charge in [-0.15, -0.1) is 0 Å². The predicted molar refractivity (Wildman–Crippen MR) is 105 cm³/mol. The lowest BCUT2D eigenvalue weighted by Crippen LogP contribution is -2.12. The lowest BCUT2D eigenvalue weighted by Gasteiger charge is -2.08. The third-order valence-electron chi connectivity index (χ3n) is 4.02. The zero-order valence-electron chi connectivity index (χ0n) is 15.2. The lowest BCUT2D eigenvalue weighted by atomic mass is 10.1. The minimum atomic E-state index is -0.530. The van der Waals surface area contributed by atoms with Crippen LogP contribution in [0.4, 0.5) is 5.69 Å². The molecule has 0 aliphatic heterocycles. The molecule has 0 heterocycles. The summed E-state index contributed by atoms with van der Waals surface area (Å²) in [6, 6.07) is 19.8. The van der Waals surface area contributed by atoms with Crippen LogP contribution >= 0.6 is 0 Å². The number of hydrogen-bond donors (Lipinski definition) is 2. The van der Waals surface area contributed by atoms with Gasteiger partial charge < -0.3 is 19.9 Å². The van der Waals surface area contributed by atoms with Crippen molar-refractivity contribution in [1.82, 2.24) is 0 Å². The number of hydrogen-bond acceptors (Lipinski definition) is 5. The van der Waals surface area contributed by atoms with Crippen molar-refractivity contribution >= 4 is 17.6 Å². The highest BCUT2D eigenvalue weighted by Gasteiger charge is 2.09. The van der Waals surface area contributed by atoms with Gasteiger partial charge in [0.05, 0.1) is 12.7 Å². The van der Waals surface area contributed by atoms with Crippen LogP contribution in [-0.2, 0) is 11.3 Å². The highest BCUT2D eigenvalue weighted by Crippen LogP contribution is 2.17. The molecule has 3 aromatic rings. The van der Waals surface area contributed by atoms with E-state index in [9.17, 15) is 14.7 Å². The van der Waals surface area contributed by atoms with Gasteiger partial charge in [0.15, 0.2) is 0 Å². The van der Waals surface area contributed by atoms with Crippen molar-refractivity contribution in [3.8, 4) is 11.5 Å². The lowest BCUT2D eigenvalue weighted by molar-refractivity contribution is 0.0472. The summed E-state index contributed by atoms with van der Waals surface area (Å²) < 4.78 is 10.3. The Bertz CT molecular complexity index is 965. The van der Waals surface area contributed by atoms with Crippen LogP contribution in [0.3, 0.4) is 0 Å². The van der Waals surface area contributed by atoms with Crippen LogP contribution in [0.15, 0.2) is 72.8 Å². The predicted octanol–water partition coefficient (Wildman–Crippen LogP) is 4.01. The molecule has 2 N–H and O–H groups in total. The number of rotatable bonds is 6. The third-order valence-corrected chi connectivity index (χ3v) is 4.02. The molecular formula is C22H19NO5. The molecule has 0 unspecified atom stereocenters. The molecule has 28 heavy (non-hydrogen) atoms. The van der Waals surface area contributed by atoms with E-state index in [4.69, 9.17) is 9.47 Å². The average Bonchev–Trinajstić information content (AvgIpc) is 2.73. The Morgan fingerprint density at radius 1 is 0.929 bits per heavy atom. The maximum atomic E-state index is 12.3. The first-order valence-corrected chi connectivity index (χ1v) is 8.55. The largest absolute Gasteiger partial charge is 0.508 e. The summed E-state index contributed by atoms with van der Waals surface area (Å²) in [6.45, 7) is 0.0644. The first kappa shape index (κ1) is 19.0. The van der Waals surface area contributed by atoms with Gasteiger partial charge in [-0.2, -0.15) is 0 Å². The van der Waals surface area contributed by atoms with E-state index in [1.165, 1.54) is 12.1 Å². The molecule has 0 bridgehead atoms. The molecule has 1 amide bonds. The van der Waals surface area contributed by atoms with Gasteiger partial charge in [-0.1, -0.05) is 18.2 Å². The van der Waals surface area contributed by atoms with Gasteiger partial charge in [-0.25, -0.2) is 4.79 Å². The van der Waals surface area contributed by atoms with Crippen molar-refractivity contribution in [3.63, 3.8) is 0 Å². The van der Waals surface area contributed by atoms with E-state index >= 15 is 0 Å². The number of phenols is 1. The van der Waals surface area contributed by atoms with Crippen molar-refractivity contribution in [2.24, 2.45) is 0 Å². The van der Waals surface area contributed by atoms with Crippen LogP contribution in [-0.4, -0.2) is 24.1 Å². The van der Waals surface area contributed by atoms with Crippen LogP contribution in [0, 0.1) is 0 Å². The molecule has 142 valence electrons. The molecule has 3 rings (SSSR count). The normalized spacial score (nSPS) is 10.2. The summed E-state index contributed by atoms with van der Waals surface area (Å²) in [5, 5.41) is 12.2. The zero-order chi connectivity index (χ0) is 19.9. The molecule has 6 heteroatoms. The van der Waals surface area contributed by atoms with Gasteiger partial charge in [0, 0.05) is 11.3 Å². The van der Waals surface area contributed by atoms with Crippen molar-refractivity contribution in [3.05, 3.63) is 89.5 Å². The Kier molecular flexibility index (Phi) is 5.91. The van der Waals surface area contributed by atoms with Crippen molar-refractivity contribution in [2.75, 3.05) is 12.4 Å². The molecule has 0 spiro atoms. The third kappa shape index (κ3) is 4.88. The Balaban J connectivity index is 1.56. The average molecular weight is 377 g/mol. The number of methoxy groups -OCH3 is 1. The fraction of sp³-hybridized carbons (Fsp3) is 0.0909. The Labute approximate surface area is 162 Å². The van der Waals surface area contributed by atoms with E-state index in [2.05, 4.69) is 5.32 Å². The monoisotopic (exact) mass is 377 g/mol. The van der Waals surface area contributed by atoms with Gasteiger partial charge in [0.2, 0.25) is 0 Å². The Morgan fingerprint density at radius 3 is 2.29 bits per heavy atom. The van der Waals surface area contributed by atoms with Gasteiger partial charge >= 0.3 is 5.97 Å². The fourth-order valence-corrected chi connectivity index (χ4v) is 2.50. The Morgan fingerprint density at radius 2 is 1.64 bits per heavy atom. The Hall–Kier alpha value is -3.80. The molecule has 0 radical (unpaired) electrons. The molecule has 0 saturated heterocycles. The van der Waals surface area contributed by atoms with Crippen LogP contribution in [0.5, 0.6) is 11.5 Å². The number of carbonyl (C=O) groups excluding carboxylic acids is 2. The van der Waals surface area contributed by atoms with Gasteiger partial charge in [-0.05, 0) is 60.2 Å². The molecule has 6 nitrogen and oxygen atoms in total. The fourth-order valence-electron chi connectivity index (χ4n) is 2.50. The highest BCUT2D eigenvalue weighted by atomic mass is 16.5. The summed E-state index contributed by atoms with van der Waals surface area (Å²) in [4.78, 5) is 24.3. The first-order chi connectivity index (χ1) is 13.5. The van der Waals surface area contributed by atoms with Crippen molar-refractivity contribution in [2.45, 2.75) is 6.61 Å². The summed E-state index contributed by atoms with van der Waals surface area (Å²) in [5.74, 6) is -0.0602. The minimum absolute atomic E-state index is 0.00155. The summed E-state index contributed by atoms with van der Waals surface area (Å²) in [7, 11) is 1.58.